The molecule has 2 atom stereocenters. The highest BCUT2D eigenvalue weighted by molar-refractivity contribution is 5.88. The Morgan fingerprint density at radius 2 is 2.31 bits per heavy atom. The maximum absolute atomic E-state index is 10.9. The largest absolute Gasteiger partial charge is 0.478 e. The highest BCUT2D eigenvalue weighted by Gasteiger charge is 2.30. The van der Waals surface area contributed by atoms with Gasteiger partial charge in [-0.3, -0.25) is 0 Å². The van der Waals surface area contributed by atoms with E-state index in [2.05, 4.69) is 17.5 Å². The standard InChI is InChI=1S/C13H13NO2/c15-13(16)8-4-5-12-11(6-8)10-3-1-2-9(10)7-14-12/h1,3-6,9-10,14H,2,7H2,(H,15,16)/t9-,10-/m1/s1. The Labute approximate surface area is 93.8 Å². The molecule has 1 heterocycles. The van der Waals surface area contributed by atoms with Crippen molar-refractivity contribution >= 4 is 11.7 Å². The number of hydrogen-bond acceptors (Lipinski definition) is 2. The molecule has 0 spiro atoms. The monoisotopic (exact) mass is 215 g/mol. The van der Waals surface area contributed by atoms with E-state index in [1.165, 1.54) is 0 Å². The fourth-order valence-electron chi connectivity index (χ4n) is 2.65. The molecule has 1 aromatic carbocycles. The van der Waals surface area contributed by atoms with Gasteiger partial charge in [0.2, 0.25) is 0 Å². The van der Waals surface area contributed by atoms with Gasteiger partial charge in [-0.25, -0.2) is 4.79 Å². The lowest BCUT2D eigenvalue weighted by atomic mass is 9.84. The fourth-order valence-corrected chi connectivity index (χ4v) is 2.65. The van der Waals surface area contributed by atoms with Gasteiger partial charge in [0.15, 0.2) is 0 Å². The van der Waals surface area contributed by atoms with Crippen molar-refractivity contribution in [2.24, 2.45) is 5.92 Å². The summed E-state index contributed by atoms with van der Waals surface area (Å²) < 4.78 is 0. The molecule has 0 unspecified atom stereocenters. The maximum Gasteiger partial charge on any atom is 0.335 e. The molecular formula is C13H13NO2. The molecule has 2 aliphatic rings. The zero-order valence-electron chi connectivity index (χ0n) is 8.81. The number of benzene rings is 1. The van der Waals surface area contributed by atoms with Crippen LogP contribution in [0.1, 0.15) is 28.3 Å². The van der Waals surface area contributed by atoms with Gasteiger partial charge in [-0.2, -0.15) is 0 Å². The number of fused-ring (bicyclic) bond motifs is 3. The summed E-state index contributed by atoms with van der Waals surface area (Å²) in [6, 6.07) is 5.34. The van der Waals surface area contributed by atoms with Crippen LogP contribution in [0.15, 0.2) is 30.4 Å². The van der Waals surface area contributed by atoms with Gasteiger partial charge >= 0.3 is 5.97 Å². The van der Waals surface area contributed by atoms with E-state index >= 15 is 0 Å². The van der Waals surface area contributed by atoms with E-state index < -0.39 is 5.97 Å². The Kier molecular flexibility index (Phi) is 1.99. The molecule has 1 aliphatic heterocycles. The van der Waals surface area contributed by atoms with E-state index in [1.807, 2.05) is 6.07 Å². The lowest BCUT2D eigenvalue weighted by Crippen LogP contribution is -2.24. The van der Waals surface area contributed by atoms with E-state index in [9.17, 15) is 4.79 Å². The van der Waals surface area contributed by atoms with Gasteiger partial charge in [0, 0.05) is 18.2 Å². The minimum absolute atomic E-state index is 0.376. The molecule has 0 fully saturated rings. The summed E-state index contributed by atoms with van der Waals surface area (Å²) >= 11 is 0. The molecule has 0 aromatic heterocycles. The van der Waals surface area contributed by atoms with Crippen molar-refractivity contribution in [1.29, 1.82) is 0 Å². The van der Waals surface area contributed by atoms with Crippen molar-refractivity contribution in [2.75, 3.05) is 11.9 Å². The second-order valence-corrected chi connectivity index (χ2v) is 4.44. The summed E-state index contributed by atoms with van der Waals surface area (Å²) in [6.45, 7) is 0.983. The maximum atomic E-state index is 10.9. The van der Waals surface area contributed by atoms with Gasteiger partial charge in [0.25, 0.3) is 0 Å². The number of carbonyl (C=O) groups is 1. The fraction of sp³-hybridized carbons (Fsp3) is 0.308. The number of carboxylic acid groups (broad SMARTS) is 1. The summed E-state index contributed by atoms with van der Waals surface area (Å²) in [4.78, 5) is 10.9. The van der Waals surface area contributed by atoms with E-state index in [1.54, 1.807) is 12.1 Å². The van der Waals surface area contributed by atoms with Crippen molar-refractivity contribution in [3.05, 3.63) is 41.5 Å². The second kappa shape index (κ2) is 3.37. The third-order valence-corrected chi connectivity index (χ3v) is 3.50. The molecule has 0 amide bonds. The molecule has 1 aliphatic carbocycles. The predicted octanol–water partition coefficient (Wildman–Crippen LogP) is 2.47. The Bertz CT molecular complexity index is 479. The van der Waals surface area contributed by atoms with Gasteiger partial charge in [0.1, 0.15) is 0 Å². The topological polar surface area (TPSA) is 49.3 Å². The first-order valence-corrected chi connectivity index (χ1v) is 5.53. The zero-order valence-corrected chi connectivity index (χ0v) is 8.81. The number of anilines is 1. The van der Waals surface area contributed by atoms with Crippen LogP contribution in [0.5, 0.6) is 0 Å². The Morgan fingerprint density at radius 3 is 3.12 bits per heavy atom. The van der Waals surface area contributed by atoms with E-state index in [-0.39, 0.29) is 0 Å². The number of hydrogen-bond donors (Lipinski definition) is 2. The summed E-state index contributed by atoms with van der Waals surface area (Å²) in [5.74, 6) is 0.138. The summed E-state index contributed by atoms with van der Waals surface area (Å²) in [6.07, 6.45) is 5.49. The number of allylic oxidation sites excluding steroid dienone is 2. The van der Waals surface area contributed by atoms with Crippen LogP contribution in [-0.2, 0) is 0 Å². The normalized spacial score (nSPS) is 25.8. The van der Waals surface area contributed by atoms with Crippen molar-refractivity contribution < 1.29 is 9.90 Å². The van der Waals surface area contributed by atoms with Gasteiger partial charge in [-0.1, -0.05) is 12.2 Å². The molecule has 1 aromatic rings. The van der Waals surface area contributed by atoms with Crippen LogP contribution in [0.2, 0.25) is 0 Å². The lowest BCUT2D eigenvalue weighted by Gasteiger charge is -2.29. The lowest BCUT2D eigenvalue weighted by molar-refractivity contribution is 0.0696. The Hall–Kier alpha value is -1.77. The third kappa shape index (κ3) is 1.32. The minimum Gasteiger partial charge on any atom is -0.478 e. The molecule has 3 nitrogen and oxygen atoms in total. The van der Waals surface area contributed by atoms with E-state index in [0.717, 1.165) is 24.2 Å². The highest BCUT2D eigenvalue weighted by atomic mass is 16.4. The van der Waals surface area contributed by atoms with Crippen molar-refractivity contribution in [2.45, 2.75) is 12.3 Å². The molecular weight excluding hydrogens is 202 g/mol. The molecule has 0 radical (unpaired) electrons. The van der Waals surface area contributed by atoms with Crippen molar-refractivity contribution in [1.82, 2.24) is 0 Å². The van der Waals surface area contributed by atoms with Crippen LogP contribution in [0, 0.1) is 5.92 Å². The van der Waals surface area contributed by atoms with Gasteiger partial charge in [-0.15, -0.1) is 0 Å². The molecule has 82 valence electrons. The second-order valence-electron chi connectivity index (χ2n) is 4.44. The summed E-state index contributed by atoms with van der Waals surface area (Å²) in [5, 5.41) is 12.4. The molecule has 0 saturated carbocycles. The Balaban J connectivity index is 2.08. The van der Waals surface area contributed by atoms with Crippen molar-refractivity contribution in [3.8, 4) is 0 Å². The average Bonchev–Trinajstić information content (AvgIpc) is 2.76. The number of nitrogens with one attached hydrogen (secondary N) is 1. The number of rotatable bonds is 1. The number of carboxylic acids is 1. The molecule has 0 bridgehead atoms. The van der Waals surface area contributed by atoms with Gasteiger partial charge < -0.3 is 10.4 Å². The SMILES string of the molecule is O=C(O)c1ccc2c(c1)[C@@H]1C=CC[C@@H]1CN2. The first-order chi connectivity index (χ1) is 7.75. The molecule has 3 rings (SSSR count). The van der Waals surface area contributed by atoms with Gasteiger partial charge in [0.05, 0.1) is 5.56 Å². The Morgan fingerprint density at radius 1 is 1.44 bits per heavy atom. The molecule has 16 heavy (non-hydrogen) atoms. The molecule has 2 N–H and O–H groups in total. The third-order valence-electron chi connectivity index (χ3n) is 3.50. The minimum atomic E-state index is -0.855. The van der Waals surface area contributed by atoms with Gasteiger partial charge in [-0.05, 0) is 36.1 Å². The quantitative estimate of drug-likeness (QED) is 0.707. The molecule has 0 saturated heterocycles. The van der Waals surface area contributed by atoms with E-state index in [4.69, 9.17) is 5.11 Å². The highest BCUT2D eigenvalue weighted by Crippen LogP contribution is 2.41. The summed E-state index contributed by atoms with van der Waals surface area (Å²) in [7, 11) is 0. The van der Waals surface area contributed by atoms with Crippen LogP contribution < -0.4 is 5.32 Å². The summed E-state index contributed by atoms with van der Waals surface area (Å²) in [5.41, 5.74) is 2.59. The van der Waals surface area contributed by atoms with Crippen molar-refractivity contribution in [3.63, 3.8) is 0 Å². The van der Waals surface area contributed by atoms with E-state index in [0.29, 0.717) is 17.4 Å². The smallest absolute Gasteiger partial charge is 0.335 e. The van der Waals surface area contributed by atoms with Crippen LogP contribution >= 0.6 is 0 Å². The first-order valence-electron chi connectivity index (χ1n) is 5.53. The van der Waals surface area contributed by atoms with Crippen LogP contribution in [0.4, 0.5) is 5.69 Å². The average molecular weight is 215 g/mol. The zero-order chi connectivity index (χ0) is 11.1. The first kappa shape index (κ1) is 9.46. The van der Waals surface area contributed by atoms with Crippen LogP contribution in [-0.4, -0.2) is 17.6 Å². The number of aromatic carboxylic acids is 1. The molecule has 3 heteroatoms. The predicted molar refractivity (Wildman–Crippen MR) is 61.9 cm³/mol. The van der Waals surface area contributed by atoms with Crippen LogP contribution in [0.25, 0.3) is 0 Å². The van der Waals surface area contributed by atoms with Crippen LogP contribution in [0.3, 0.4) is 0 Å².